The quantitative estimate of drug-likeness (QED) is 0.0565. The molecule has 0 heterocycles. The van der Waals surface area contributed by atoms with E-state index >= 15 is 0 Å². The Morgan fingerprint density at radius 1 is 0.567 bits per heavy atom. The second-order valence-electron chi connectivity index (χ2n) is 15.2. The molecular formula is C46H55N5O9. The number of carbonyl (C=O) groups excluding carboxylic acids is 6. The van der Waals surface area contributed by atoms with Crippen molar-refractivity contribution in [1.29, 1.82) is 0 Å². The molecule has 4 amide bonds. The van der Waals surface area contributed by atoms with E-state index in [1.807, 2.05) is 97.1 Å². The van der Waals surface area contributed by atoms with E-state index in [4.69, 9.17) is 14.3 Å². The van der Waals surface area contributed by atoms with Gasteiger partial charge in [-0.05, 0) is 62.3 Å². The van der Waals surface area contributed by atoms with Crippen LogP contribution in [-0.2, 0) is 64.2 Å². The van der Waals surface area contributed by atoms with Crippen LogP contribution >= 0.6 is 0 Å². The molecule has 60 heavy (non-hydrogen) atoms. The van der Waals surface area contributed by atoms with Crippen molar-refractivity contribution in [3.63, 3.8) is 0 Å². The van der Waals surface area contributed by atoms with Crippen LogP contribution in [0.25, 0.3) is 0 Å². The summed E-state index contributed by atoms with van der Waals surface area (Å²) >= 11 is 0. The lowest BCUT2D eigenvalue weighted by molar-refractivity contribution is -0.145. The van der Waals surface area contributed by atoms with Gasteiger partial charge in [0.25, 0.3) is 0 Å². The fraction of sp³-hybridized carbons (Fsp3) is 0.348. The minimum absolute atomic E-state index is 0.107. The van der Waals surface area contributed by atoms with Gasteiger partial charge in [-0.25, -0.2) is 15.1 Å². The second-order valence-corrected chi connectivity index (χ2v) is 15.2. The zero-order valence-corrected chi connectivity index (χ0v) is 34.5. The average molecular weight is 822 g/mol. The lowest BCUT2D eigenvalue weighted by atomic mass is 10.0. The summed E-state index contributed by atoms with van der Waals surface area (Å²) in [6.07, 6.45) is -0.787. The van der Waals surface area contributed by atoms with Crippen molar-refractivity contribution < 1.29 is 43.1 Å². The molecule has 0 radical (unpaired) electrons. The summed E-state index contributed by atoms with van der Waals surface area (Å²) in [5.74, 6) is -3.04. The minimum Gasteiger partial charge on any atom is -0.467 e. The Labute approximate surface area is 351 Å². The molecule has 4 aromatic carbocycles. The summed E-state index contributed by atoms with van der Waals surface area (Å²) < 4.78 is 10.4. The van der Waals surface area contributed by atoms with E-state index in [0.29, 0.717) is 0 Å². The summed E-state index contributed by atoms with van der Waals surface area (Å²) in [4.78, 5) is 86.1. The molecule has 0 unspecified atom stereocenters. The summed E-state index contributed by atoms with van der Waals surface area (Å²) in [7, 11) is 1.21. The largest absolute Gasteiger partial charge is 0.467 e. The van der Waals surface area contributed by atoms with Crippen molar-refractivity contribution in [2.24, 2.45) is 0 Å². The van der Waals surface area contributed by atoms with Gasteiger partial charge in [-0.15, -0.1) is 0 Å². The Balaban J connectivity index is 1.54. The highest BCUT2D eigenvalue weighted by molar-refractivity contribution is 5.93. The van der Waals surface area contributed by atoms with Crippen LogP contribution in [0.15, 0.2) is 121 Å². The van der Waals surface area contributed by atoms with Crippen molar-refractivity contribution >= 4 is 35.6 Å². The smallest absolute Gasteiger partial charge is 0.408 e. The van der Waals surface area contributed by atoms with E-state index in [9.17, 15) is 28.8 Å². The van der Waals surface area contributed by atoms with Crippen molar-refractivity contribution in [2.75, 3.05) is 13.7 Å². The number of Topliss-reactive ketones (excluding diaryl/α,β-unsaturated/α-hetero) is 1. The Bertz CT molecular complexity index is 1980. The normalized spacial score (nSPS) is 13.1. The highest BCUT2D eigenvalue weighted by Crippen LogP contribution is 2.12. The molecular weight excluding hydrogens is 767 g/mol. The van der Waals surface area contributed by atoms with Gasteiger partial charge in [-0.1, -0.05) is 121 Å². The van der Waals surface area contributed by atoms with E-state index in [1.54, 1.807) is 45.0 Å². The molecule has 14 heteroatoms. The zero-order chi connectivity index (χ0) is 43.3. The van der Waals surface area contributed by atoms with Gasteiger partial charge in [0.05, 0.1) is 32.3 Å². The number of alkyl carbamates (subject to hydrolysis) is 1. The molecule has 0 fully saturated rings. The lowest BCUT2D eigenvalue weighted by Gasteiger charge is -2.26. The molecule has 318 valence electrons. The minimum atomic E-state index is -1.31. The number of rotatable bonds is 22. The first-order valence-corrected chi connectivity index (χ1v) is 19.8. The molecule has 0 aliphatic heterocycles. The molecule has 0 aliphatic rings. The van der Waals surface area contributed by atoms with Gasteiger partial charge in [0.1, 0.15) is 17.7 Å². The maximum atomic E-state index is 14.2. The third kappa shape index (κ3) is 16.8. The van der Waals surface area contributed by atoms with Gasteiger partial charge < -0.3 is 25.4 Å². The van der Waals surface area contributed by atoms with Crippen LogP contribution in [0.1, 0.15) is 55.9 Å². The van der Waals surface area contributed by atoms with E-state index < -0.39 is 65.3 Å². The molecule has 0 saturated heterocycles. The highest BCUT2D eigenvalue weighted by Gasteiger charge is 2.31. The van der Waals surface area contributed by atoms with Crippen LogP contribution in [0.5, 0.6) is 0 Å². The average Bonchev–Trinajstić information content (AvgIpc) is 3.23. The number of nitrogens with one attached hydrogen (secondary N) is 5. The fourth-order valence-electron chi connectivity index (χ4n) is 6.10. The number of benzene rings is 4. The predicted molar refractivity (Wildman–Crippen MR) is 225 cm³/mol. The number of carbonyl (C=O) groups is 6. The van der Waals surface area contributed by atoms with Crippen LogP contribution in [0, 0.1) is 0 Å². The number of methoxy groups -OCH3 is 1. The second kappa shape index (κ2) is 23.9. The number of hydrogen-bond acceptors (Lipinski definition) is 10. The van der Waals surface area contributed by atoms with Gasteiger partial charge in [0.2, 0.25) is 17.7 Å². The maximum Gasteiger partial charge on any atom is 0.408 e. The Morgan fingerprint density at radius 2 is 1.02 bits per heavy atom. The highest BCUT2D eigenvalue weighted by atomic mass is 16.6. The first kappa shape index (κ1) is 46.3. The third-order valence-corrected chi connectivity index (χ3v) is 9.13. The van der Waals surface area contributed by atoms with Gasteiger partial charge in [0, 0.05) is 12.8 Å². The molecule has 4 aromatic rings. The standard InChI is InChI=1S/C46H55N5O9/c1-46(2,3)60-45(57)50-37(27-32-17-9-5-10-18-32)40(52)30-47-38(28-33-19-11-6-12-20-33)43(55)48-36(25-26-41(53)51-59-31-35-23-15-8-16-24-35)42(54)49-39(44(56)58-4)29-34-21-13-7-14-22-34/h5-24,36-39,47H,25-31H2,1-4H3,(H,48,55)(H,49,54)(H,50,57)(H,51,53)/t36-,37-,38-,39-/m0/s1. The number of ether oxygens (including phenoxy) is 2. The SMILES string of the molecule is COC(=O)[C@H](Cc1ccccc1)NC(=O)[C@H](CCC(=O)NOCc1ccccc1)NC(=O)[C@H](Cc1ccccc1)NCC(=O)[C@H](Cc1ccccc1)NC(=O)OC(C)(C)C. The Hall–Kier alpha value is -6.38. The van der Waals surface area contributed by atoms with Gasteiger partial charge >= 0.3 is 12.1 Å². The Kier molecular flexibility index (Phi) is 18.4. The molecule has 4 rings (SSSR count). The first-order valence-electron chi connectivity index (χ1n) is 19.8. The summed E-state index contributed by atoms with van der Waals surface area (Å²) in [6.45, 7) is 4.92. The van der Waals surface area contributed by atoms with Gasteiger partial charge in [-0.2, -0.15) is 0 Å². The number of hydroxylamine groups is 1. The zero-order valence-electron chi connectivity index (χ0n) is 34.5. The van der Waals surface area contributed by atoms with Crippen molar-refractivity contribution in [1.82, 2.24) is 26.7 Å². The molecule has 4 atom stereocenters. The first-order chi connectivity index (χ1) is 28.8. The molecule has 0 bridgehead atoms. The van der Waals surface area contributed by atoms with Crippen molar-refractivity contribution in [3.8, 4) is 0 Å². The van der Waals surface area contributed by atoms with Crippen LogP contribution in [0.3, 0.4) is 0 Å². The topological polar surface area (TPSA) is 190 Å². The monoisotopic (exact) mass is 821 g/mol. The van der Waals surface area contributed by atoms with Crippen LogP contribution in [-0.4, -0.2) is 79.0 Å². The number of hydrogen-bond donors (Lipinski definition) is 5. The Morgan fingerprint density at radius 3 is 1.52 bits per heavy atom. The molecule has 0 spiro atoms. The lowest BCUT2D eigenvalue weighted by Crippen LogP contribution is -2.57. The van der Waals surface area contributed by atoms with E-state index in [0.717, 1.165) is 22.3 Å². The fourth-order valence-corrected chi connectivity index (χ4v) is 6.10. The number of esters is 1. The van der Waals surface area contributed by atoms with Gasteiger partial charge in [0.15, 0.2) is 5.78 Å². The molecule has 5 N–H and O–H groups in total. The molecule has 0 saturated carbocycles. The number of amides is 4. The van der Waals surface area contributed by atoms with Crippen LogP contribution < -0.4 is 26.7 Å². The molecule has 0 aliphatic carbocycles. The molecule has 0 aromatic heterocycles. The third-order valence-electron chi connectivity index (χ3n) is 9.13. The summed E-state index contributed by atoms with van der Waals surface area (Å²) in [6, 6.07) is 32.0. The van der Waals surface area contributed by atoms with E-state index in [1.165, 1.54) is 7.11 Å². The van der Waals surface area contributed by atoms with Crippen molar-refractivity contribution in [2.45, 2.75) is 89.3 Å². The predicted octanol–water partition coefficient (Wildman–Crippen LogP) is 4.31. The van der Waals surface area contributed by atoms with Crippen molar-refractivity contribution in [3.05, 3.63) is 144 Å². The van der Waals surface area contributed by atoms with Crippen LogP contribution in [0.4, 0.5) is 4.79 Å². The number of ketones is 1. The summed E-state index contributed by atoms with van der Waals surface area (Å²) in [5, 5.41) is 11.2. The molecule has 14 nitrogen and oxygen atoms in total. The maximum absolute atomic E-state index is 14.2. The summed E-state index contributed by atoms with van der Waals surface area (Å²) in [5.41, 5.74) is 4.71. The van der Waals surface area contributed by atoms with Gasteiger partial charge in [-0.3, -0.25) is 29.3 Å². The van der Waals surface area contributed by atoms with E-state index in [2.05, 4.69) is 26.7 Å². The van der Waals surface area contributed by atoms with Crippen LogP contribution in [0.2, 0.25) is 0 Å². The van der Waals surface area contributed by atoms with E-state index in [-0.39, 0.29) is 45.3 Å².